The van der Waals surface area contributed by atoms with E-state index in [4.69, 9.17) is 5.11 Å². The van der Waals surface area contributed by atoms with Crippen LogP contribution in [-0.2, 0) is 4.79 Å². The Kier molecular flexibility index (Phi) is 4.49. The average molecular weight is 305 g/mol. The van der Waals surface area contributed by atoms with Gasteiger partial charge < -0.3 is 10.4 Å². The van der Waals surface area contributed by atoms with Crippen LogP contribution in [0.2, 0.25) is 0 Å². The van der Waals surface area contributed by atoms with E-state index >= 15 is 0 Å². The summed E-state index contributed by atoms with van der Waals surface area (Å²) in [6.45, 7) is 1.57. The van der Waals surface area contributed by atoms with Crippen LogP contribution in [0.3, 0.4) is 0 Å². The molecule has 0 aliphatic carbocycles. The van der Waals surface area contributed by atoms with E-state index in [0.29, 0.717) is 21.7 Å². The van der Waals surface area contributed by atoms with Crippen molar-refractivity contribution in [2.75, 3.05) is 5.32 Å². The summed E-state index contributed by atoms with van der Waals surface area (Å²) in [5.74, 6) is -1.89. The molecule has 0 fully saturated rings. The van der Waals surface area contributed by atoms with E-state index < -0.39 is 17.7 Å². The Morgan fingerprint density at radius 1 is 1.33 bits per heavy atom. The Balaban J connectivity index is 2.23. The van der Waals surface area contributed by atoms with Crippen molar-refractivity contribution in [1.82, 2.24) is 0 Å². The van der Waals surface area contributed by atoms with Crippen molar-refractivity contribution >= 4 is 35.0 Å². The number of amides is 1. The van der Waals surface area contributed by atoms with Crippen molar-refractivity contribution in [2.24, 2.45) is 0 Å². The second-order valence-electron chi connectivity index (χ2n) is 4.24. The Morgan fingerprint density at radius 2 is 2.10 bits per heavy atom. The highest BCUT2D eigenvalue weighted by molar-refractivity contribution is 7.12. The van der Waals surface area contributed by atoms with Gasteiger partial charge in [-0.1, -0.05) is 6.07 Å². The van der Waals surface area contributed by atoms with Crippen LogP contribution in [-0.4, -0.2) is 17.0 Å². The van der Waals surface area contributed by atoms with Gasteiger partial charge in [0.25, 0.3) is 5.91 Å². The average Bonchev–Trinajstić information content (AvgIpc) is 2.90. The van der Waals surface area contributed by atoms with E-state index in [0.717, 1.165) is 6.08 Å². The number of carboxylic acid groups (broad SMARTS) is 1. The number of thiophene rings is 1. The topological polar surface area (TPSA) is 66.4 Å². The number of nitrogens with one attached hydrogen (secondary N) is 1. The summed E-state index contributed by atoms with van der Waals surface area (Å²) < 4.78 is 13.4. The molecule has 4 nitrogen and oxygen atoms in total. The summed E-state index contributed by atoms with van der Waals surface area (Å²) in [6, 6.07) is 6.09. The number of aliphatic carboxylic acids is 1. The molecule has 108 valence electrons. The molecule has 1 aromatic heterocycles. The van der Waals surface area contributed by atoms with E-state index in [9.17, 15) is 14.0 Å². The molecule has 0 aliphatic rings. The monoisotopic (exact) mass is 305 g/mol. The number of hydrogen-bond donors (Lipinski definition) is 2. The zero-order valence-corrected chi connectivity index (χ0v) is 11.9. The van der Waals surface area contributed by atoms with Crippen molar-refractivity contribution in [2.45, 2.75) is 6.92 Å². The van der Waals surface area contributed by atoms with Crippen molar-refractivity contribution in [1.29, 1.82) is 0 Å². The van der Waals surface area contributed by atoms with Crippen LogP contribution >= 0.6 is 11.3 Å². The van der Waals surface area contributed by atoms with Crippen LogP contribution in [0.5, 0.6) is 0 Å². The minimum Gasteiger partial charge on any atom is -0.478 e. The normalized spacial score (nSPS) is 10.8. The maximum Gasteiger partial charge on any atom is 0.328 e. The van der Waals surface area contributed by atoms with Gasteiger partial charge in [-0.15, -0.1) is 11.3 Å². The van der Waals surface area contributed by atoms with Crippen LogP contribution in [0, 0.1) is 12.7 Å². The molecule has 2 N–H and O–H groups in total. The Morgan fingerprint density at radius 3 is 2.81 bits per heavy atom. The molecule has 6 heteroatoms. The van der Waals surface area contributed by atoms with Gasteiger partial charge in [0.2, 0.25) is 0 Å². The van der Waals surface area contributed by atoms with Gasteiger partial charge in [0.1, 0.15) is 5.82 Å². The van der Waals surface area contributed by atoms with Crippen LogP contribution in [0.15, 0.2) is 35.7 Å². The minimum atomic E-state index is -1.09. The van der Waals surface area contributed by atoms with E-state index in [-0.39, 0.29) is 0 Å². The highest BCUT2D eigenvalue weighted by Crippen LogP contribution is 2.22. The molecule has 1 heterocycles. The van der Waals surface area contributed by atoms with Gasteiger partial charge in [-0.2, -0.15) is 0 Å². The highest BCUT2D eigenvalue weighted by Gasteiger charge is 2.14. The van der Waals surface area contributed by atoms with Crippen LogP contribution in [0.1, 0.15) is 20.8 Å². The largest absolute Gasteiger partial charge is 0.478 e. The van der Waals surface area contributed by atoms with Crippen LogP contribution in [0.4, 0.5) is 10.1 Å². The third-order valence-corrected chi connectivity index (χ3v) is 3.75. The molecule has 1 aromatic carbocycles. The van der Waals surface area contributed by atoms with E-state index in [1.165, 1.54) is 29.5 Å². The van der Waals surface area contributed by atoms with Crippen molar-refractivity contribution in [3.8, 4) is 0 Å². The summed E-state index contributed by atoms with van der Waals surface area (Å²) >= 11 is 1.19. The second kappa shape index (κ2) is 6.32. The summed E-state index contributed by atoms with van der Waals surface area (Å²) in [7, 11) is 0. The first-order chi connectivity index (χ1) is 9.99. The summed E-state index contributed by atoms with van der Waals surface area (Å²) in [5.41, 5.74) is 1.25. The van der Waals surface area contributed by atoms with Crippen molar-refractivity contribution < 1.29 is 19.1 Å². The van der Waals surface area contributed by atoms with Gasteiger partial charge in [0.15, 0.2) is 0 Å². The number of rotatable bonds is 4. The van der Waals surface area contributed by atoms with E-state index in [1.54, 1.807) is 24.4 Å². The van der Waals surface area contributed by atoms with Gasteiger partial charge in [-0.25, -0.2) is 9.18 Å². The van der Waals surface area contributed by atoms with Gasteiger partial charge in [0, 0.05) is 17.3 Å². The number of hydrogen-bond acceptors (Lipinski definition) is 3. The van der Waals surface area contributed by atoms with Crippen LogP contribution in [0.25, 0.3) is 6.08 Å². The molecule has 21 heavy (non-hydrogen) atoms. The fourth-order valence-corrected chi connectivity index (χ4v) is 2.50. The van der Waals surface area contributed by atoms with Gasteiger partial charge in [-0.3, -0.25) is 4.79 Å². The molecule has 0 saturated carbocycles. The lowest BCUT2D eigenvalue weighted by Crippen LogP contribution is -2.12. The zero-order chi connectivity index (χ0) is 15.4. The fourth-order valence-electron chi connectivity index (χ4n) is 1.72. The van der Waals surface area contributed by atoms with Crippen molar-refractivity contribution in [3.63, 3.8) is 0 Å². The third-order valence-electron chi connectivity index (χ3n) is 2.82. The van der Waals surface area contributed by atoms with Gasteiger partial charge in [0.05, 0.1) is 4.88 Å². The molecule has 0 spiro atoms. The standard InChI is InChI=1S/C15H12FNO3S/c1-9-11(16)3-2-4-12(9)17-15(20)14-10(7-8-21-14)5-6-13(18)19/h2-8H,1H3,(H,17,20)(H,18,19). The fraction of sp³-hybridized carbons (Fsp3) is 0.0667. The second-order valence-corrected chi connectivity index (χ2v) is 5.16. The molecular weight excluding hydrogens is 293 g/mol. The van der Waals surface area contributed by atoms with Gasteiger partial charge >= 0.3 is 5.97 Å². The lowest BCUT2D eigenvalue weighted by molar-refractivity contribution is -0.131. The maximum atomic E-state index is 13.4. The smallest absolute Gasteiger partial charge is 0.328 e. The lowest BCUT2D eigenvalue weighted by atomic mass is 10.1. The molecule has 2 rings (SSSR count). The van der Waals surface area contributed by atoms with Gasteiger partial charge in [-0.05, 0) is 42.1 Å². The maximum absolute atomic E-state index is 13.4. The lowest BCUT2D eigenvalue weighted by Gasteiger charge is -2.08. The summed E-state index contributed by atoms with van der Waals surface area (Å²) in [5, 5.41) is 12.9. The molecule has 0 saturated heterocycles. The first kappa shape index (κ1) is 14.9. The number of carboxylic acids is 1. The predicted molar refractivity (Wildman–Crippen MR) is 80.1 cm³/mol. The Labute approximate surface area is 124 Å². The van der Waals surface area contributed by atoms with Crippen LogP contribution < -0.4 is 5.32 Å². The highest BCUT2D eigenvalue weighted by atomic mass is 32.1. The minimum absolute atomic E-state index is 0.352. The first-order valence-electron chi connectivity index (χ1n) is 6.04. The number of benzene rings is 1. The molecule has 0 atom stereocenters. The quantitative estimate of drug-likeness (QED) is 0.849. The Bertz CT molecular complexity index is 721. The van der Waals surface area contributed by atoms with Crippen molar-refractivity contribution in [3.05, 3.63) is 57.5 Å². The van der Waals surface area contributed by atoms with E-state index in [1.807, 2.05) is 0 Å². The SMILES string of the molecule is Cc1c(F)cccc1NC(=O)c1sccc1C=CC(=O)O. The predicted octanol–water partition coefficient (Wildman–Crippen LogP) is 3.55. The molecule has 2 aromatic rings. The molecule has 0 radical (unpaired) electrons. The third kappa shape index (κ3) is 3.55. The molecule has 0 bridgehead atoms. The molecule has 0 aliphatic heterocycles. The summed E-state index contributed by atoms with van der Waals surface area (Å²) in [6.07, 6.45) is 2.32. The zero-order valence-electron chi connectivity index (χ0n) is 11.1. The first-order valence-corrected chi connectivity index (χ1v) is 6.92. The molecule has 0 unspecified atom stereocenters. The number of anilines is 1. The molecular formula is C15H12FNO3S. The Hall–Kier alpha value is -2.47. The number of carbonyl (C=O) groups is 2. The molecule has 1 amide bonds. The number of halogens is 1. The summed E-state index contributed by atoms with van der Waals surface area (Å²) in [4.78, 5) is 23.1. The number of carbonyl (C=O) groups excluding carboxylic acids is 1. The van der Waals surface area contributed by atoms with E-state index in [2.05, 4.69) is 5.32 Å².